The molecule has 0 atom stereocenters. The van der Waals surface area contributed by atoms with Gasteiger partial charge in [-0.15, -0.1) is 13.2 Å². The second kappa shape index (κ2) is 6.49. The first kappa shape index (κ1) is 17.2. The molecule has 8 heteroatoms. The molecule has 0 spiro atoms. The fraction of sp³-hybridized carbons (Fsp3) is 0.167. The molecule has 0 saturated carbocycles. The third-order valence-electron chi connectivity index (χ3n) is 4.06. The van der Waals surface area contributed by atoms with E-state index in [1.54, 1.807) is 16.8 Å². The second-order valence-corrected chi connectivity index (χ2v) is 7.06. The van der Waals surface area contributed by atoms with Crippen LogP contribution in [0.15, 0.2) is 48.5 Å². The van der Waals surface area contributed by atoms with Crippen molar-refractivity contribution in [2.24, 2.45) is 0 Å². The van der Waals surface area contributed by atoms with Crippen molar-refractivity contribution in [3.05, 3.63) is 57.7 Å². The van der Waals surface area contributed by atoms with Crippen LogP contribution in [0.2, 0.25) is 0 Å². The largest absolute Gasteiger partial charge is 0.573 e. The first-order valence-corrected chi connectivity index (χ1v) is 8.96. The molecule has 26 heavy (non-hydrogen) atoms. The molecule has 1 aromatic heterocycles. The van der Waals surface area contributed by atoms with Gasteiger partial charge in [0.15, 0.2) is 0 Å². The highest BCUT2D eigenvalue weighted by Crippen LogP contribution is 2.35. The first-order valence-electron chi connectivity index (χ1n) is 7.88. The number of aromatic nitrogens is 2. The van der Waals surface area contributed by atoms with Crippen LogP contribution in [-0.2, 0) is 6.42 Å². The Hall–Kier alpha value is -2.23. The maximum absolute atomic E-state index is 12.3. The SMILES string of the molecule is FC(F)(F)Oc1ccc(-n2nc(-c3cccc(I)c3)c3c2NCC3)cc1. The molecular formula is C18H13F3IN3O. The lowest BCUT2D eigenvalue weighted by molar-refractivity contribution is -0.274. The maximum Gasteiger partial charge on any atom is 0.573 e. The van der Waals surface area contributed by atoms with Crippen molar-refractivity contribution in [1.82, 2.24) is 9.78 Å². The molecule has 0 aliphatic carbocycles. The lowest BCUT2D eigenvalue weighted by Gasteiger charge is -2.10. The second-order valence-electron chi connectivity index (χ2n) is 5.82. The van der Waals surface area contributed by atoms with Gasteiger partial charge in [0.25, 0.3) is 0 Å². The van der Waals surface area contributed by atoms with Gasteiger partial charge >= 0.3 is 6.36 Å². The van der Waals surface area contributed by atoms with Gasteiger partial charge in [0.1, 0.15) is 11.6 Å². The number of nitrogens with one attached hydrogen (secondary N) is 1. The minimum atomic E-state index is -4.70. The quantitative estimate of drug-likeness (QED) is 0.546. The van der Waals surface area contributed by atoms with Gasteiger partial charge in [0.05, 0.1) is 11.4 Å². The van der Waals surface area contributed by atoms with Crippen LogP contribution in [0, 0.1) is 3.57 Å². The number of hydrogen-bond acceptors (Lipinski definition) is 3. The Balaban J connectivity index is 1.73. The third-order valence-corrected chi connectivity index (χ3v) is 4.73. The Morgan fingerprint density at radius 1 is 1.12 bits per heavy atom. The minimum absolute atomic E-state index is 0.254. The normalized spacial score (nSPS) is 13.4. The van der Waals surface area contributed by atoms with Crippen molar-refractivity contribution in [3.63, 3.8) is 0 Å². The van der Waals surface area contributed by atoms with E-state index in [1.807, 2.05) is 18.2 Å². The lowest BCUT2D eigenvalue weighted by Crippen LogP contribution is -2.17. The molecule has 2 heterocycles. The smallest absolute Gasteiger partial charge is 0.406 e. The first-order chi connectivity index (χ1) is 12.4. The predicted molar refractivity (Wildman–Crippen MR) is 101 cm³/mol. The summed E-state index contributed by atoms with van der Waals surface area (Å²) in [4.78, 5) is 0. The van der Waals surface area contributed by atoms with Crippen molar-refractivity contribution in [3.8, 4) is 22.7 Å². The van der Waals surface area contributed by atoms with Crippen molar-refractivity contribution in [2.45, 2.75) is 12.8 Å². The number of halogens is 4. The number of nitrogens with zero attached hydrogens (tertiary/aromatic N) is 2. The molecule has 0 radical (unpaired) electrons. The van der Waals surface area contributed by atoms with Crippen LogP contribution in [0.4, 0.5) is 19.0 Å². The van der Waals surface area contributed by atoms with Crippen LogP contribution in [0.5, 0.6) is 5.75 Å². The van der Waals surface area contributed by atoms with Gasteiger partial charge in [-0.05, 0) is 65.4 Å². The Bertz CT molecular complexity index is 951. The average molecular weight is 471 g/mol. The van der Waals surface area contributed by atoms with Crippen LogP contribution >= 0.6 is 22.6 Å². The van der Waals surface area contributed by atoms with Gasteiger partial charge in [-0.25, -0.2) is 4.68 Å². The van der Waals surface area contributed by atoms with Gasteiger partial charge in [-0.1, -0.05) is 12.1 Å². The van der Waals surface area contributed by atoms with Crippen LogP contribution in [0.1, 0.15) is 5.56 Å². The summed E-state index contributed by atoms with van der Waals surface area (Å²) in [5.74, 6) is 0.624. The number of hydrogen-bond donors (Lipinski definition) is 1. The van der Waals surface area contributed by atoms with Crippen molar-refractivity contribution in [2.75, 3.05) is 11.9 Å². The van der Waals surface area contributed by atoms with E-state index < -0.39 is 6.36 Å². The van der Waals surface area contributed by atoms with Crippen molar-refractivity contribution in [1.29, 1.82) is 0 Å². The summed E-state index contributed by atoms with van der Waals surface area (Å²) >= 11 is 2.26. The highest BCUT2D eigenvalue weighted by molar-refractivity contribution is 14.1. The van der Waals surface area contributed by atoms with E-state index in [9.17, 15) is 13.2 Å². The van der Waals surface area contributed by atoms with E-state index in [0.717, 1.165) is 39.2 Å². The third kappa shape index (κ3) is 3.37. The van der Waals surface area contributed by atoms with Crippen molar-refractivity contribution >= 4 is 28.4 Å². The molecule has 4 nitrogen and oxygen atoms in total. The Morgan fingerprint density at radius 2 is 1.88 bits per heavy atom. The molecule has 4 rings (SSSR count). The Labute approximate surface area is 161 Å². The van der Waals surface area contributed by atoms with E-state index in [2.05, 4.69) is 38.7 Å². The summed E-state index contributed by atoms with van der Waals surface area (Å²) in [5, 5.41) is 8.02. The molecular weight excluding hydrogens is 458 g/mol. The highest BCUT2D eigenvalue weighted by Gasteiger charge is 2.31. The van der Waals surface area contributed by atoms with E-state index >= 15 is 0 Å². The summed E-state index contributed by atoms with van der Waals surface area (Å²) in [5.41, 5.74) is 3.69. The fourth-order valence-electron chi connectivity index (χ4n) is 3.02. The zero-order chi connectivity index (χ0) is 18.3. The highest BCUT2D eigenvalue weighted by atomic mass is 127. The van der Waals surface area contributed by atoms with Crippen LogP contribution in [0.25, 0.3) is 16.9 Å². The van der Waals surface area contributed by atoms with Gasteiger partial charge in [0.2, 0.25) is 0 Å². The topological polar surface area (TPSA) is 39.1 Å². The molecule has 1 N–H and O–H groups in total. The van der Waals surface area contributed by atoms with Crippen LogP contribution in [0.3, 0.4) is 0 Å². The summed E-state index contributed by atoms with van der Waals surface area (Å²) in [6, 6.07) is 13.8. The van der Waals surface area contributed by atoms with Gasteiger partial charge in [-0.2, -0.15) is 5.10 Å². The summed E-state index contributed by atoms with van der Waals surface area (Å²) < 4.78 is 43.7. The number of alkyl halides is 3. The zero-order valence-corrected chi connectivity index (χ0v) is 15.5. The van der Waals surface area contributed by atoms with E-state index in [-0.39, 0.29) is 5.75 Å². The van der Waals surface area contributed by atoms with Crippen molar-refractivity contribution < 1.29 is 17.9 Å². The number of fused-ring (bicyclic) bond motifs is 1. The Morgan fingerprint density at radius 3 is 2.58 bits per heavy atom. The number of rotatable bonds is 3. The summed E-state index contributed by atoms with van der Waals surface area (Å²) in [6.45, 7) is 0.805. The molecule has 3 aromatic rings. The molecule has 0 saturated heterocycles. The number of benzene rings is 2. The fourth-order valence-corrected chi connectivity index (χ4v) is 3.56. The predicted octanol–water partition coefficient (Wildman–Crippen LogP) is 5.01. The summed E-state index contributed by atoms with van der Waals surface area (Å²) in [6.07, 6.45) is -3.85. The van der Waals surface area contributed by atoms with E-state index in [1.165, 1.54) is 12.1 Å². The van der Waals surface area contributed by atoms with Gasteiger partial charge < -0.3 is 10.1 Å². The molecule has 0 unspecified atom stereocenters. The molecule has 2 aromatic carbocycles. The molecule has 134 valence electrons. The number of anilines is 1. The van der Waals surface area contributed by atoms with E-state index in [4.69, 9.17) is 5.10 Å². The summed E-state index contributed by atoms with van der Waals surface area (Å²) in [7, 11) is 0. The van der Waals surface area contributed by atoms with Gasteiger partial charge in [-0.3, -0.25) is 0 Å². The molecule has 0 bridgehead atoms. The zero-order valence-electron chi connectivity index (χ0n) is 13.3. The average Bonchev–Trinajstić information content (AvgIpc) is 3.16. The standard InChI is InChI=1S/C18H13F3IN3O/c19-18(20,21)26-14-6-4-13(5-7-14)25-17-15(8-9-23-17)16(24-25)11-2-1-3-12(22)10-11/h1-7,10,23H,8-9H2. The molecule has 1 aliphatic heterocycles. The number of ether oxygens (including phenoxy) is 1. The Kier molecular flexibility index (Phi) is 4.29. The minimum Gasteiger partial charge on any atom is -0.406 e. The van der Waals surface area contributed by atoms with Gasteiger partial charge in [0, 0.05) is 21.2 Å². The molecule has 0 fully saturated rings. The lowest BCUT2D eigenvalue weighted by atomic mass is 10.1. The molecule has 1 aliphatic rings. The molecule has 0 amide bonds. The monoisotopic (exact) mass is 471 g/mol. The van der Waals surface area contributed by atoms with E-state index in [0.29, 0.717) is 5.69 Å². The maximum atomic E-state index is 12.3. The van der Waals surface area contributed by atoms with Crippen LogP contribution in [-0.4, -0.2) is 22.7 Å². The van der Waals surface area contributed by atoms with Crippen LogP contribution < -0.4 is 10.1 Å².